The van der Waals surface area contributed by atoms with Crippen LogP contribution in [0.5, 0.6) is 0 Å². The molecule has 1 aliphatic heterocycles. The van der Waals surface area contributed by atoms with Gasteiger partial charge in [-0.15, -0.1) is 11.3 Å². The summed E-state index contributed by atoms with van der Waals surface area (Å²) in [7, 11) is 0. The Kier molecular flexibility index (Phi) is 9.27. The molecule has 1 unspecified atom stereocenters. The molecule has 0 radical (unpaired) electrons. The maximum Gasteiger partial charge on any atom is 0.295 e. The van der Waals surface area contributed by atoms with Gasteiger partial charge in [0.2, 0.25) is 0 Å². The van der Waals surface area contributed by atoms with Crippen LogP contribution in [0, 0.1) is 6.92 Å². The number of likely N-dealkylation sites (tertiary alicyclic amines) is 1. The van der Waals surface area contributed by atoms with Crippen LogP contribution >= 0.6 is 11.3 Å². The zero-order valence-electron chi connectivity index (χ0n) is 20.0. The fourth-order valence-electron chi connectivity index (χ4n) is 4.28. The molecule has 2 heterocycles. The van der Waals surface area contributed by atoms with Gasteiger partial charge in [-0.1, -0.05) is 62.6 Å². The summed E-state index contributed by atoms with van der Waals surface area (Å²) in [5, 5.41) is 13.0. The van der Waals surface area contributed by atoms with Gasteiger partial charge in [0.15, 0.2) is 0 Å². The van der Waals surface area contributed by atoms with Crippen molar-refractivity contribution < 1.29 is 14.7 Å². The van der Waals surface area contributed by atoms with Gasteiger partial charge >= 0.3 is 0 Å². The summed E-state index contributed by atoms with van der Waals surface area (Å²) in [5.41, 5.74) is 1.82. The molecule has 5 nitrogen and oxygen atoms in total. The molecule has 0 saturated carbocycles. The lowest BCUT2D eigenvalue weighted by molar-refractivity contribution is -0.139. The summed E-state index contributed by atoms with van der Waals surface area (Å²) in [5.74, 6) is -1.21. The van der Waals surface area contributed by atoms with Crippen molar-refractivity contribution in [1.82, 2.24) is 9.80 Å². The molecule has 1 saturated heterocycles. The van der Waals surface area contributed by atoms with Crippen LogP contribution in [0.2, 0.25) is 0 Å². The number of thiophene rings is 1. The minimum atomic E-state index is -0.597. The van der Waals surface area contributed by atoms with Crippen LogP contribution in [-0.4, -0.2) is 52.8 Å². The molecule has 1 amide bonds. The molecule has 0 spiro atoms. The Balaban J connectivity index is 1.83. The zero-order chi connectivity index (χ0) is 23.8. The predicted molar refractivity (Wildman–Crippen MR) is 135 cm³/mol. The number of carbonyl (C=O) groups excluding carboxylic acids is 2. The number of carbonyl (C=O) groups is 2. The molecule has 1 atom stereocenters. The van der Waals surface area contributed by atoms with Crippen LogP contribution in [0.25, 0.3) is 5.76 Å². The lowest BCUT2D eigenvalue weighted by Gasteiger charge is -2.26. The highest BCUT2D eigenvalue weighted by Gasteiger charge is 2.46. The summed E-state index contributed by atoms with van der Waals surface area (Å²) < 4.78 is 0. The first kappa shape index (κ1) is 25.2. The zero-order valence-corrected chi connectivity index (χ0v) is 20.9. The lowest BCUT2D eigenvalue weighted by atomic mass is 9.99. The molecule has 1 fully saturated rings. The standard InChI is InChI=1S/C27H36N2O3S/c1-4-6-15-28(16-7-5-2)17-9-18-29-24(22-10-8-19-33-22)23(26(31)27(29)32)25(30)21-13-11-20(3)12-14-21/h8,10-14,19,24,30H,4-7,9,15-18H2,1-3H3. The van der Waals surface area contributed by atoms with Crippen molar-refractivity contribution in [1.29, 1.82) is 0 Å². The second-order valence-electron chi connectivity index (χ2n) is 8.78. The number of Topliss-reactive ketones (excluding diaryl/α,β-unsaturated/α-hetero) is 1. The Labute approximate surface area is 201 Å². The van der Waals surface area contributed by atoms with E-state index in [1.54, 1.807) is 17.0 Å². The van der Waals surface area contributed by atoms with Crippen molar-refractivity contribution in [2.45, 2.75) is 58.9 Å². The van der Waals surface area contributed by atoms with Crippen molar-refractivity contribution in [3.63, 3.8) is 0 Å². The van der Waals surface area contributed by atoms with E-state index in [0.29, 0.717) is 12.1 Å². The minimum Gasteiger partial charge on any atom is -0.507 e. The maximum atomic E-state index is 13.1. The van der Waals surface area contributed by atoms with Crippen LogP contribution in [0.15, 0.2) is 47.4 Å². The van der Waals surface area contributed by atoms with E-state index in [1.807, 2.05) is 36.6 Å². The minimum absolute atomic E-state index is 0.0956. The molecular formula is C27H36N2O3S. The van der Waals surface area contributed by atoms with Crippen molar-refractivity contribution in [3.05, 3.63) is 63.4 Å². The Morgan fingerprint density at radius 2 is 1.64 bits per heavy atom. The molecule has 1 aromatic heterocycles. The maximum absolute atomic E-state index is 13.1. The lowest BCUT2D eigenvalue weighted by Crippen LogP contribution is -2.34. The van der Waals surface area contributed by atoms with Gasteiger partial charge in [0, 0.05) is 17.0 Å². The van der Waals surface area contributed by atoms with E-state index in [9.17, 15) is 14.7 Å². The number of rotatable bonds is 12. The summed E-state index contributed by atoms with van der Waals surface area (Å²) >= 11 is 1.51. The van der Waals surface area contributed by atoms with Crippen molar-refractivity contribution in [3.8, 4) is 0 Å². The first-order chi connectivity index (χ1) is 16.0. The van der Waals surface area contributed by atoms with E-state index < -0.39 is 17.7 Å². The van der Waals surface area contributed by atoms with Crippen molar-refractivity contribution in [2.24, 2.45) is 0 Å². The second-order valence-corrected chi connectivity index (χ2v) is 9.76. The van der Waals surface area contributed by atoms with Crippen molar-refractivity contribution in [2.75, 3.05) is 26.2 Å². The van der Waals surface area contributed by atoms with Gasteiger partial charge in [-0.05, 0) is 57.3 Å². The van der Waals surface area contributed by atoms with Crippen LogP contribution in [0.4, 0.5) is 0 Å². The molecule has 1 aliphatic rings. The smallest absolute Gasteiger partial charge is 0.295 e. The topological polar surface area (TPSA) is 60.9 Å². The molecule has 178 valence electrons. The first-order valence-electron chi connectivity index (χ1n) is 12.1. The highest BCUT2D eigenvalue weighted by atomic mass is 32.1. The Bertz CT molecular complexity index is 942. The van der Waals surface area contributed by atoms with E-state index in [0.717, 1.165) is 49.3 Å². The Hall–Kier alpha value is -2.44. The molecule has 3 rings (SSSR count). The fourth-order valence-corrected chi connectivity index (χ4v) is 5.13. The van der Waals surface area contributed by atoms with Gasteiger partial charge in [-0.3, -0.25) is 9.59 Å². The third-order valence-corrected chi connectivity index (χ3v) is 7.13. The Morgan fingerprint density at radius 3 is 2.21 bits per heavy atom. The van der Waals surface area contributed by atoms with E-state index in [2.05, 4.69) is 18.7 Å². The summed E-state index contributed by atoms with van der Waals surface area (Å²) in [6, 6.07) is 10.7. The normalized spacial score (nSPS) is 17.9. The highest BCUT2D eigenvalue weighted by molar-refractivity contribution is 7.10. The monoisotopic (exact) mass is 468 g/mol. The van der Waals surface area contributed by atoms with Gasteiger partial charge in [0.25, 0.3) is 11.7 Å². The van der Waals surface area contributed by atoms with Gasteiger partial charge in [0.1, 0.15) is 5.76 Å². The number of aryl methyl sites for hydroxylation is 1. The Morgan fingerprint density at radius 1 is 1.00 bits per heavy atom. The number of aliphatic hydroxyl groups is 1. The summed E-state index contributed by atoms with van der Waals surface area (Å²) in [6.07, 6.45) is 5.45. The number of hydrogen-bond acceptors (Lipinski definition) is 5. The van der Waals surface area contributed by atoms with Gasteiger partial charge in [-0.2, -0.15) is 0 Å². The molecule has 33 heavy (non-hydrogen) atoms. The number of hydrogen-bond donors (Lipinski definition) is 1. The number of nitrogens with zero attached hydrogens (tertiary/aromatic N) is 2. The number of benzene rings is 1. The number of unbranched alkanes of at least 4 members (excludes halogenated alkanes) is 2. The van der Waals surface area contributed by atoms with Gasteiger partial charge in [0.05, 0.1) is 11.6 Å². The van der Waals surface area contributed by atoms with E-state index in [4.69, 9.17) is 0 Å². The van der Waals surface area contributed by atoms with Gasteiger partial charge < -0.3 is 14.9 Å². The highest BCUT2D eigenvalue weighted by Crippen LogP contribution is 2.41. The van der Waals surface area contributed by atoms with E-state index in [-0.39, 0.29) is 11.3 Å². The molecule has 1 N–H and O–H groups in total. The molecule has 2 aromatic rings. The van der Waals surface area contributed by atoms with Crippen LogP contribution < -0.4 is 0 Å². The quantitative estimate of drug-likeness (QED) is 0.244. The largest absolute Gasteiger partial charge is 0.507 e. The third kappa shape index (κ3) is 6.12. The molecular weight excluding hydrogens is 432 g/mol. The number of ketones is 1. The summed E-state index contributed by atoms with van der Waals surface area (Å²) in [6.45, 7) is 9.90. The van der Waals surface area contributed by atoms with E-state index >= 15 is 0 Å². The van der Waals surface area contributed by atoms with Crippen LogP contribution in [0.3, 0.4) is 0 Å². The molecule has 0 aliphatic carbocycles. The molecule has 0 bridgehead atoms. The van der Waals surface area contributed by atoms with Crippen LogP contribution in [-0.2, 0) is 9.59 Å². The fraction of sp³-hybridized carbons (Fsp3) is 0.481. The average Bonchev–Trinajstić information content (AvgIpc) is 3.43. The second kappa shape index (κ2) is 12.1. The third-order valence-electron chi connectivity index (χ3n) is 6.21. The molecule has 6 heteroatoms. The van der Waals surface area contributed by atoms with Crippen molar-refractivity contribution >= 4 is 28.8 Å². The average molecular weight is 469 g/mol. The number of amides is 1. The summed E-state index contributed by atoms with van der Waals surface area (Å²) in [4.78, 5) is 31.1. The van der Waals surface area contributed by atoms with E-state index in [1.165, 1.54) is 24.2 Å². The molecule has 1 aromatic carbocycles. The van der Waals surface area contributed by atoms with Crippen LogP contribution in [0.1, 0.15) is 68.0 Å². The SMILES string of the molecule is CCCCN(CCCC)CCCN1C(=O)C(=O)C(=C(O)c2ccc(C)cc2)C1c1cccs1. The number of aliphatic hydroxyl groups excluding tert-OH is 1. The van der Waals surface area contributed by atoms with Gasteiger partial charge in [-0.25, -0.2) is 0 Å². The predicted octanol–water partition coefficient (Wildman–Crippen LogP) is 5.77. The first-order valence-corrected chi connectivity index (χ1v) is 13.0.